The number of aromatic amines is 1. The van der Waals surface area contributed by atoms with Gasteiger partial charge in [-0.25, -0.2) is 4.98 Å². The number of nitrogens with two attached hydrogens (primary N) is 1. The molecule has 1 unspecified atom stereocenters. The van der Waals surface area contributed by atoms with Crippen LogP contribution in [0.1, 0.15) is 31.5 Å². The third kappa shape index (κ3) is 3.48. The van der Waals surface area contributed by atoms with E-state index in [1.165, 1.54) is 0 Å². The summed E-state index contributed by atoms with van der Waals surface area (Å²) in [6.07, 6.45) is 0. The molecule has 6 heteroatoms. The first-order valence-corrected chi connectivity index (χ1v) is 6.65. The van der Waals surface area contributed by atoms with Crippen LogP contribution < -0.4 is 15.8 Å². The molecule has 0 spiro atoms. The molecule has 0 aliphatic rings. The van der Waals surface area contributed by atoms with E-state index < -0.39 is 0 Å². The molecule has 0 amide bonds. The minimum absolute atomic E-state index is 0.142. The number of hydrogen-bond acceptors (Lipinski definition) is 5. The lowest BCUT2D eigenvalue weighted by Gasteiger charge is -2.10. The number of H-pyrrole nitrogens is 1. The van der Waals surface area contributed by atoms with Crippen molar-refractivity contribution < 1.29 is 4.74 Å². The summed E-state index contributed by atoms with van der Waals surface area (Å²) in [5.74, 6) is 2.54. The van der Waals surface area contributed by atoms with E-state index in [2.05, 4.69) is 34.3 Å². The van der Waals surface area contributed by atoms with Crippen molar-refractivity contribution in [1.82, 2.24) is 15.2 Å². The van der Waals surface area contributed by atoms with Crippen molar-refractivity contribution in [3.8, 4) is 5.75 Å². The number of nitrogens with one attached hydrogen (secondary N) is 2. The van der Waals surface area contributed by atoms with Gasteiger partial charge in [0, 0.05) is 11.8 Å². The number of methoxy groups -OCH3 is 1. The molecule has 6 nitrogen and oxygen atoms in total. The van der Waals surface area contributed by atoms with Crippen LogP contribution in [0.2, 0.25) is 0 Å². The molecule has 1 aromatic carbocycles. The molecule has 4 N–H and O–H groups in total. The molecule has 0 saturated carbocycles. The first-order chi connectivity index (χ1) is 9.60. The number of ether oxygens (including phenoxy) is 1. The topological polar surface area (TPSA) is 88.8 Å². The van der Waals surface area contributed by atoms with Gasteiger partial charge >= 0.3 is 0 Å². The molecule has 2 rings (SSSR count). The molecule has 0 fully saturated rings. The average Bonchev–Trinajstić information content (AvgIpc) is 2.93. The lowest BCUT2D eigenvalue weighted by molar-refractivity contribution is 0.415. The number of rotatable bonds is 6. The summed E-state index contributed by atoms with van der Waals surface area (Å²) in [6, 6.07) is 7.59. The summed E-state index contributed by atoms with van der Waals surface area (Å²) in [7, 11) is 1.65. The second-order valence-electron chi connectivity index (χ2n) is 5.00. The normalized spacial score (nSPS) is 12.4. The molecule has 108 valence electrons. The molecule has 1 atom stereocenters. The molecule has 0 aliphatic carbocycles. The van der Waals surface area contributed by atoms with Crippen molar-refractivity contribution in [3.63, 3.8) is 0 Å². The van der Waals surface area contributed by atoms with E-state index >= 15 is 0 Å². The predicted octanol–water partition coefficient (Wildman–Crippen LogP) is 2.08. The molecule has 1 aromatic heterocycles. The monoisotopic (exact) mass is 275 g/mol. The maximum absolute atomic E-state index is 6.01. The third-order valence-electron chi connectivity index (χ3n) is 3.10. The van der Waals surface area contributed by atoms with Gasteiger partial charge in [0.1, 0.15) is 11.6 Å². The molecular weight excluding hydrogens is 254 g/mol. The predicted molar refractivity (Wildman–Crippen MR) is 78.5 cm³/mol. The number of aromatic nitrogens is 3. The van der Waals surface area contributed by atoms with Gasteiger partial charge < -0.3 is 15.8 Å². The van der Waals surface area contributed by atoms with E-state index in [1.54, 1.807) is 7.11 Å². The summed E-state index contributed by atoms with van der Waals surface area (Å²) in [5, 5.41) is 10.3. The Bertz CT molecular complexity index is 552. The highest BCUT2D eigenvalue weighted by Gasteiger charge is 2.15. The van der Waals surface area contributed by atoms with Crippen molar-refractivity contribution in [3.05, 3.63) is 35.9 Å². The SMILES string of the molecule is COc1cccc(NCc2nc(C(N)C(C)C)n[nH]2)c1. The minimum atomic E-state index is -0.142. The van der Waals surface area contributed by atoms with Crippen LogP contribution in [0.5, 0.6) is 5.75 Å². The molecular formula is C14H21N5O. The van der Waals surface area contributed by atoms with Crippen LogP contribution in [0.25, 0.3) is 0 Å². The fourth-order valence-electron chi connectivity index (χ4n) is 1.76. The van der Waals surface area contributed by atoms with E-state index in [4.69, 9.17) is 10.5 Å². The summed E-state index contributed by atoms with van der Waals surface area (Å²) in [5.41, 5.74) is 6.98. The molecule has 2 aromatic rings. The summed E-state index contributed by atoms with van der Waals surface area (Å²) in [6.45, 7) is 4.66. The Morgan fingerprint density at radius 2 is 2.20 bits per heavy atom. The van der Waals surface area contributed by atoms with Gasteiger partial charge in [0.25, 0.3) is 0 Å². The van der Waals surface area contributed by atoms with Crippen molar-refractivity contribution in [1.29, 1.82) is 0 Å². The highest BCUT2D eigenvalue weighted by atomic mass is 16.5. The zero-order valence-corrected chi connectivity index (χ0v) is 12.1. The van der Waals surface area contributed by atoms with Gasteiger partial charge in [-0.05, 0) is 18.1 Å². The molecule has 0 saturated heterocycles. The van der Waals surface area contributed by atoms with Crippen molar-refractivity contribution in [2.45, 2.75) is 26.4 Å². The van der Waals surface area contributed by atoms with Crippen LogP contribution in [0, 0.1) is 5.92 Å². The second kappa shape index (κ2) is 6.38. The minimum Gasteiger partial charge on any atom is -0.497 e. The van der Waals surface area contributed by atoms with Crippen LogP contribution in [-0.4, -0.2) is 22.3 Å². The van der Waals surface area contributed by atoms with Crippen LogP contribution >= 0.6 is 0 Å². The molecule has 0 bridgehead atoms. The maximum atomic E-state index is 6.01. The molecule has 0 aliphatic heterocycles. The van der Waals surface area contributed by atoms with E-state index in [9.17, 15) is 0 Å². The highest BCUT2D eigenvalue weighted by Crippen LogP contribution is 2.18. The van der Waals surface area contributed by atoms with Gasteiger partial charge in [-0.2, -0.15) is 5.10 Å². The lowest BCUT2D eigenvalue weighted by atomic mass is 10.1. The number of nitrogens with zero attached hydrogens (tertiary/aromatic N) is 2. The van der Waals surface area contributed by atoms with Crippen molar-refractivity contribution >= 4 is 5.69 Å². The van der Waals surface area contributed by atoms with Crippen LogP contribution in [-0.2, 0) is 6.54 Å². The van der Waals surface area contributed by atoms with E-state index in [0.717, 1.165) is 17.3 Å². The fourth-order valence-corrected chi connectivity index (χ4v) is 1.76. The Labute approximate surface area is 118 Å². The first-order valence-electron chi connectivity index (χ1n) is 6.65. The molecule has 0 radical (unpaired) electrons. The van der Waals surface area contributed by atoms with Crippen molar-refractivity contribution in [2.75, 3.05) is 12.4 Å². The number of benzene rings is 1. The molecule has 1 heterocycles. The number of anilines is 1. The second-order valence-corrected chi connectivity index (χ2v) is 5.00. The lowest BCUT2D eigenvalue weighted by Crippen LogP contribution is -2.18. The summed E-state index contributed by atoms with van der Waals surface area (Å²) < 4.78 is 5.18. The Hall–Kier alpha value is -2.08. The van der Waals surface area contributed by atoms with Gasteiger partial charge in [-0.3, -0.25) is 5.10 Å². The van der Waals surface area contributed by atoms with Crippen molar-refractivity contribution in [2.24, 2.45) is 11.7 Å². The van der Waals surface area contributed by atoms with E-state index in [1.807, 2.05) is 24.3 Å². The zero-order chi connectivity index (χ0) is 14.5. The van der Waals surface area contributed by atoms with E-state index in [0.29, 0.717) is 18.3 Å². The van der Waals surface area contributed by atoms with E-state index in [-0.39, 0.29) is 6.04 Å². The first kappa shape index (κ1) is 14.3. The Balaban J connectivity index is 1.97. The standard InChI is InChI=1S/C14H21N5O/c1-9(2)13(15)14-17-12(18-19-14)8-16-10-5-4-6-11(7-10)20-3/h4-7,9,13,16H,8,15H2,1-3H3,(H,17,18,19). The Morgan fingerprint density at radius 1 is 1.40 bits per heavy atom. The fraction of sp³-hybridized carbons (Fsp3) is 0.429. The van der Waals surface area contributed by atoms with Crippen LogP contribution in [0.15, 0.2) is 24.3 Å². The van der Waals surface area contributed by atoms with Gasteiger partial charge in [-0.1, -0.05) is 19.9 Å². The maximum Gasteiger partial charge on any atom is 0.167 e. The smallest absolute Gasteiger partial charge is 0.167 e. The third-order valence-corrected chi connectivity index (χ3v) is 3.10. The van der Waals surface area contributed by atoms with Gasteiger partial charge in [-0.15, -0.1) is 0 Å². The highest BCUT2D eigenvalue weighted by molar-refractivity contribution is 5.48. The van der Waals surface area contributed by atoms with Crippen LogP contribution in [0.3, 0.4) is 0 Å². The summed E-state index contributed by atoms with van der Waals surface area (Å²) in [4.78, 5) is 4.40. The van der Waals surface area contributed by atoms with Gasteiger partial charge in [0.15, 0.2) is 5.82 Å². The zero-order valence-electron chi connectivity index (χ0n) is 12.1. The summed E-state index contributed by atoms with van der Waals surface area (Å²) >= 11 is 0. The van der Waals surface area contributed by atoms with Crippen LogP contribution in [0.4, 0.5) is 5.69 Å². The number of hydrogen-bond donors (Lipinski definition) is 3. The van der Waals surface area contributed by atoms with Gasteiger partial charge in [0.2, 0.25) is 0 Å². The average molecular weight is 275 g/mol. The quantitative estimate of drug-likeness (QED) is 0.751. The largest absolute Gasteiger partial charge is 0.497 e. The van der Waals surface area contributed by atoms with Gasteiger partial charge in [0.05, 0.1) is 19.7 Å². The molecule has 20 heavy (non-hydrogen) atoms. The Morgan fingerprint density at radius 3 is 2.90 bits per heavy atom. The Kier molecular flexibility index (Phi) is 4.57.